The van der Waals surface area contributed by atoms with E-state index in [-0.39, 0.29) is 5.78 Å². The molecule has 0 saturated carbocycles. The first-order valence-electron chi connectivity index (χ1n) is 1.97. The molecule has 0 fully saturated rings. The first-order valence-corrected chi connectivity index (χ1v) is 1.97. The molecule has 3 heteroatoms. The fourth-order valence-electron chi connectivity index (χ4n) is 0.155. The summed E-state index contributed by atoms with van der Waals surface area (Å²) < 4.78 is 0. The summed E-state index contributed by atoms with van der Waals surface area (Å²) in [4.78, 5) is 10.0. The molecule has 0 aliphatic rings. The number of nitrogens with one attached hydrogen (secondary N) is 1. The Labute approximate surface area is 42.4 Å². The maximum absolute atomic E-state index is 10.0. The molecule has 7 heavy (non-hydrogen) atoms. The molecule has 0 unspecified atom stereocenters. The van der Waals surface area contributed by atoms with Gasteiger partial charge in [-0.2, -0.15) is 5.10 Å². The predicted octanol–water partition coefficient (Wildman–Crippen LogP) is -0.219. The molecule has 0 aliphatic carbocycles. The second kappa shape index (κ2) is 3.33. The van der Waals surface area contributed by atoms with Gasteiger partial charge in [-0.1, -0.05) is 0 Å². The molecular formula is C4H8N2O. The summed E-state index contributed by atoms with van der Waals surface area (Å²) in [5, 5.41) is 3.45. The second-order valence-electron chi connectivity index (χ2n) is 1.09. The zero-order valence-corrected chi connectivity index (χ0v) is 4.43. The molecule has 0 atom stereocenters. The number of carbonyl (C=O) groups is 1. The smallest absolute Gasteiger partial charge is 0.172 e. The maximum Gasteiger partial charge on any atom is 0.172 e. The number of rotatable bonds is 2. The number of hydrazone groups is 1. The van der Waals surface area contributed by atoms with Crippen molar-refractivity contribution < 1.29 is 4.79 Å². The van der Waals surface area contributed by atoms with E-state index in [2.05, 4.69) is 10.5 Å². The van der Waals surface area contributed by atoms with Crippen molar-refractivity contribution in [3.05, 3.63) is 0 Å². The van der Waals surface area contributed by atoms with Crippen molar-refractivity contribution in [1.29, 1.82) is 0 Å². The van der Waals surface area contributed by atoms with Gasteiger partial charge in [0.15, 0.2) is 5.78 Å². The Kier molecular flexibility index (Phi) is 2.92. The van der Waals surface area contributed by atoms with Gasteiger partial charge in [-0.15, -0.1) is 0 Å². The average molecular weight is 100 g/mol. The lowest BCUT2D eigenvalue weighted by Gasteiger charge is -1.79. The first kappa shape index (κ1) is 6.14. The summed E-state index contributed by atoms with van der Waals surface area (Å²) in [5.41, 5.74) is 2.45. The Morgan fingerprint density at radius 2 is 2.43 bits per heavy atom. The van der Waals surface area contributed by atoms with Crippen molar-refractivity contribution in [1.82, 2.24) is 5.43 Å². The molecule has 40 valence electrons. The van der Waals surface area contributed by atoms with E-state index in [4.69, 9.17) is 0 Å². The SMILES string of the molecule is CN/N=C/C(C)=O. The molecule has 0 aromatic carbocycles. The van der Waals surface area contributed by atoms with E-state index in [0.717, 1.165) is 0 Å². The van der Waals surface area contributed by atoms with Crippen LogP contribution in [0.2, 0.25) is 0 Å². The van der Waals surface area contributed by atoms with Crippen LogP contribution in [0.25, 0.3) is 0 Å². The molecule has 3 nitrogen and oxygen atoms in total. The highest BCUT2D eigenvalue weighted by Gasteiger charge is 1.76. The van der Waals surface area contributed by atoms with Crippen LogP contribution in [0.5, 0.6) is 0 Å². The van der Waals surface area contributed by atoms with E-state index < -0.39 is 0 Å². The fourth-order valence-corrected chi connectivity index (χ4v) is 0.155. The molecule has 0 aromatic heterocycles. The second-order valence-corrected chi connectivity index (χ2v) is 1.09. The molecule has 0 amide bonds. The van der Waals surface area contributed by atoms with Gasteiger partial charge in [-0.05, 0) is 0 Å². The van der Waals surface area contributed by atoms with Gasteiger partial charge in [-0.25, -0.2) is 0 Å². The van der Waals surface area contributed by atoms with Gasteiger partial charge < -0.3 is 5.43 Å². The van der Waals surface area contributed by atoms with E-state index in [1.807, 2.05) is 0 Å². The molecule has 0 rings (SSSR count). The van der Waals surface area contributed by atoms with Gasteiger partial charge in [-0.3, -0.25) is 4.79 Å². The van der Waals surface area contributed by atoms with Crippen molar-refractivity contribution in [2.75, 3.05) is 7.05 Å². The molecule has 0 heterocycles. The molecule has 0 saturated heterocycles. The zero-order valence-electron chi connectivity index (χ0n) is 4.43. The monoisotopic (exact) mass is 100 g/mol. The quantitative estimate of drug-likeness (QED) is 0.385. The Balaban J connectivity index is 3.26. The van der Waals surface area contributed by atoms with E-state index in [0.29, 0.717) is 0 Å². The third kappa shape index (κ3) is 5.14. The first-order chi connectivity index (χ1) is 3.27. The molecule has 0 bridgehead atoms. The minimum Gasteiger partial charge on any atom is -0.313 e. The number of carbonyl (C=O) groups excluding carboxylic acids is 1. The summed E-state index contributed by atoms with van der Waals surface area (Å²) in [7, 11) is 1.64. The van der Waals surface area contributed by atoms with Crippen molar-refractivity contribution in [3.8, 4) is 0 Å². The van der Waals surface area contributed by atoms with Gasteiger partial charge in [0.2, 0.25) is 0 Å². The molecule has 0 radical (unpaired) electrons. The highest BCUT2D eigenvalue weighted by atomic mass is 16.1. The van der Waals surface area contributed by atoms with Crippen molar-refractivity contribution >= 4 is 12.0 Å². The highest BCUT2D eigenvalue weighted by Crippen LogP contribution is 1.56. The third-order valence-corrected chi connectivity index (χ3v) is 0.375. The van der Waals surface area contributed by atoms with Crippen LogP contribution in [0.1, 0.15) is 6.92 Å². The third-order valence-electron chi connectivity index (χ3n) is 0.375. The van der Waals surface area contributed by atoms with E-state index in [1.165, 1.54) is 13.1 Å². The topological polar surface area (TPSA) is 41.5 Å². The minimum absolute atomic E-state index is 0.0469. The Morgan fingerprint density at radius 3 is 2.57 bits per heavy atom. The number of hydrogen-bond donors (Lipinski definition) is 1. The van der Waals surface area contributed by atoms with Gasteiger partial charge >= 0.3 is 0 Å². The average Bonchev–Trinajstić information content (AvgIpc) is 1.61. The van der Waals surface area contributed by atoms with E-state index >= 15 is 0 Å². The largest absolute Gasteiger partial charge is 0.313 e. The summed E-state index contributed by atoms with van der Waals surface area (Å²) >= 11 is 0. The number of ketones is 1. The van der Waals surface area contributed by atoms with Gasteiger partial charge in [0.05, 0.1) is 6.21 Å². The Hall–Kier alpha value is -0.860. The zero-order chi connectivity index (χ0) is 5.70. The number of Topliss-reactive ketones (excluding diaryl/α,β-unsaturated/α-hetero) is 1. The molecular weight excluding hydrogens is 92.1 g/mol. The summed E-state index contributed by atoms with van der Waals surface area (Å²) in [6.45, 7) is 1.45. The summed E-state index contributed by atoms with van der Waals surface area (Å²) in [6.07, 6.45) is 1.22. The van der Waals surface area contributed by atoms with Crippen LogP contribution in [-0.2, 0) is 4.79 Å². The van der Waals surface area contributed by atoms with E-state index in [9.17, 15) is 4.79 Å². The van der Waals surface area contributed by atoms with Crippen LogP contribution in [0, 0.1) is 0 Å². The van der Waals surface area contributed by atoms with Crippen LogP contribution in [-0.4, -0.2) is 19.0 Å². The highest BCUT2D eigenvalue weighted by molar-refractivity contribution is 6.26. The predicted molar refractivity (Wildman–Crippen MR) is 28.2 cm³/mol. The van der Waals surface area contributed by atoms with Gasteiger partial charge in [0, 0.05) is 14.0 Å². The maximum atomic E-state index is 10.0. The van der Waals surface area contributed by atoms with Crippen molar-refractivity contribution in [2.45, 2.75) is 6.92 Å². The normalized spacial score (nSPS) is 9.43. The van der Waals surface area contributed by atoms with E-state index in [1.54, 1.807) is 7.05 Å². The lowest BCUT2D eigenvalue weighted by Crippen LogP contribution is -1.98. The minimum atomic E-state index is -0.0469. The lowest BCUT2D eigenvalue weighted by atomic mass is 10.5. The van der Waals surface area contributed by atoms with Gasteiger partial charge in [0.25, 0.3) is 0 Å². The van der Waals surface area contributed by atoms with Crippen LogP contribution in [0.15, 0.2) is 5.10 Å². The Morgan fingerprint density at radius 1 is 1.86 bits per heavy atom. The van der Waals surface area contributed by atoms with Crippen molar-refractivity contribution in [2.24, 2.45) is 5.10 Å². The molecule has 0 spiro atoms. The van der Waals surface area contributed by atoms with Gasteiger partial charge in [0.1, 0.15) is 0 Å². The number of nitrogens with zero attached hydrogens (tertiary/aromatic N) is 1. The fraction of sp³-hybridized carbons (Fsp3) is 0.500. The van der Waals surface area contributed by atoms with Crippen LogP contribution in [0.3, 0.4) is 0 Å². The standard InChI is InChI=1S/C4H8N2O/c1-4(7)3-6-5-2/h3,5H,1-2H3/b6-3+. The lowest BCUT2D eigenvalue weighted by molar-refractivity contribution is -0.110. The van der Waals surface area contributed by atoms with Crippen LogP contribution in [0.4, 0.5) is 0 Å². The molecule has 0 aromatic rings. The summed E-state index contributed by atoms with van der Waals surface area (Å²) in [5.74, 6) is -0.0469. The summed E-state index contributed by atoms with van der Waals surface area (Å²) in [6, 6.07) is 0. The molecule has 0 aliphatic heterocycles. The van der Waals surface area contributed by atoms with Crippen LogP contribution < -0.4 is 5.43 Å². The van der Waals surface area contributed by atoms with Crippen molar-refractivity contribution in [3.63, 3.8) is 0 Å². The Bertz CT molecular complexity index is 87.7. The number of hydrogen-bond acceptors (Lipinski definition) is 3. The van der Waals surface area contributed by atoms with Crippen LogP contribution >= 0.6 is 0 Å². The molecule has 1 N–H and O–H groups in total.